The molecule has 0 fully saturated rings. The summed E-state index contributed by atoms with van der Waals surface area (Å²) in [6, 6.07) is 2.82. The highest BCUT2D eigenvalue weighted by Gasteiger charge is 2.21. The van der Waals surface area contributed by atoms with Gasteiger partial charge < -0.3 is 14.6 Å². The quantitative estimate of drug-likeness (QED) is 0.807. The maximum Gasteiger partial charge on any atom is 0.265 e. The molecular formula is C11H13N3O5S2. The first-order valence-electron chi connectivity index (χ1n) is 5.67. The van der Waals surface area contributed by atoms with E-state index in [0.29, 0.717) is 4.88 Å². The number of hydrogen-bond donors (Lipinski definition) is 2. The van der Waals surface area contributed by atoms with E-state index in [9.17, 15) is 8.42 Å². The molecule has 0 atom stereocenters. The monoisotopic (exact) mass is 331 g/mol. The number of aliphatic hydroxyl groups excluding tert-OH is 1. The third kappa shape index (κ3) is 3.40. The van der Waals surface area contributed by atoms with E-state index < -0.39 is 10.0 Å². The molecule has 2 N–H and O–H groups in total. The molecule has 21 heavy (non-hydrogen) atoms. The number of anilines is 1. The molecule has 0 saturated carbocycles. The predicted molar refractivity (Wildman–Crippen MR) is 76.2 cm³/mol. The Morgan fingerprint density at radius 1 is 1.29 bits per heavy atom. The van der Waals surface area contributed by atoms with Gasteiger partial charge >= 0.3 is 0 Å². The summed E-state index contributed by atoms with van der Waals surface area (Å²) in [4.78, 5) is 8.09. The average molecular weight is 331 g/mol. The van der Waals surface area contributed by atoms with Gasteiger partial charge in [0.2, 0.25) is 17.7 Å². The van der Waals surface area contributed by atoms with E-state index in [1.165, 1.54) is 26.4 Å². The molecule has 0 aliphatic carbocycles. The third-order valence-corrected chi connectivity index (χ3v) is 4.91. The number of aliphatic hydroxyl groups is 1. The van der Waals surface area contributed by atoms with Crippen molar-refractivity contribution in [1.29, 1.82) is 0 Å². The summed E-state index contributed by atoms with van der Waals surface area (Å²) in [5.41, 5.74) is 0. The Morgan fingerprint density at radius 3 is 2.43 bits per heavy atom. The van der Waals surface area contributed by atoms with E-state index >= 15 is 0 Å². The van der Waals surface area contributed by atoms with Gasteiger partial charge in [-0.2, -0.15) is 9.97 Å². The van der Waals surface area contributed by atoms with E-state index in [1.807, 2.05) is 0 Å². The molecule has 0 aliphatic rings. The van der Waals surface area contributed by atoms with Crippen molar-refractivity contribution in [2.24, 2.45) is 0 Å². The van der Waals surface area contributed by atoms with E-state index in [2.05, 4.69) is 14.7 Å². The van der Waals surface area contributed by atoms with Crippen molar-refractivity contribution in [2.75, 3.05) is 18.9 Å². The maximum atomic E-state index is 12.3. The van der Waals surface area contributed by atoms with Crippen LogP contribution in [-0.4, -0.2) is 37.7 Å². The lowest BCUT2D eigenvalue weighted by Gasteiger charge is -2.09. The molecule has 0 bridgehead atoms. The summed E-state index contributed by atoms with van der Waals surface area (Å²) >= 11 is 1.14. The highest BCUT2D eigenvalue weighted by molar-refractivity contribution is 7.92. The zero-order valence-electron chi connectivity index (χ0n) is 11.2. The standard InChI is InChI=1S/C11H13N3O5S2/c1-18-9-5-10(19-2)13-11(12-9)14-21(16,17)8-3-4-20-7(8)6-15/h3-5,15H,6H2,1-2H3,(H,12,13,14). The molecule has 0 aromatic carbocycles. The second-order valence-corrected chi connectivity index (χ2v) is 6.40. The first-order valence-corrected chi connectivity index (χ1v) is 8.03. The van der Waals surface area contributed by atoms with Crippen LogP contribution in [0.15, 0.2) is 22.4 Å². The van der Waals surface area contributed by atoms with Gasteiger partial charge in [-0.1, -0.05) is 0 Å². The summed E-state index contributed by atoms with van der Waals surface area (Å²) in [6.07, 6.45) is 0. The summed E-state index contributed by atoms with van der Waals surface area (Å²) < 4.78 is 36.6. The molecule has 8 nitrogen and oxygen atoms in total. The lowest BCUT2D eigenvalue weighted by molar-refractivity contribution is 0.282. The fraction of sp³-hybridized carbons (Fsp3) is 0.273. The predicted octanol–water partition coefficient (Wildman–Crippen LogP) is 0.848. The molecule has 0 saturated heterocycles. The Kier molecular flexibility index (Phi) is 4.60. The van der Waals surface area contributed by atoms with Gasteiger partial charge in [-0.05, 0) is 11.4 Å². The molecule has 0 unspecified atom stereocenters. The van der Waals surface area contributed by atoms with Crippen LogP contribution in [-0.2, 0) is 16.6 Å². The number of hydrogen-bond acceptors (Lipinski definition) is 8. The highest BCUT2D eigenvalue weighted by Crippen LogP contribution is 2.25. The number of nitrogens with one attached hydrogen (secondary N) is 1. The van der Waals surface area contributed by atoms with Crippen molar-refractivity contribution in [3.05, 3.63) is 22.4 Å². The van der Waals surface area contributed by atoms with Gasteiger partial charge in [-0.3, -0.25) is 0 Å². The van der Waals surface area contributed by atoms with Crippen LogP contribution >= 0.6 is 11.3 Å². The fourth-order valence-electron chi connectivity index (χ4n) is 1.52. The molecule has 0 spiro atoms. The molecule has 2 heterocycles. The zero-order chi connectivity index (χ0) is 15.5. The second-order valence-electron chi connectivity index (χ2n) is 3.75. The first-order chi connectivity index (χ1) is 10.00. The van der Waals surface area contributed by atoms with E-state index in [4.69, 9.17) is 14.6 Å². The fourth-order valence-corrected chi connectivity index (χ4v) is 3.76. The largest absolute Gasteiger partial charge is 0.481 e. The van der Waals surface area contributed by atoms with Gasteiger partial charge in [0.1, 0.15) is 4.90 Å². The molecule has 2 aromatic heterocycles. The number of ether oxygens (including phenoxy) is 2. The second kappa shape index (κ2) is 6.24. The Labute approximate surface area is 125 Å². The van der Waals surface area contributed by atoms with E-state index in [0.717, 1.165) is 11.3 Å². The Morgan fingerprint density at radius 2 is 1.90 bits per heavy atom. The van der Waals surface area contributed by atoms with Crippen LogP contribution in [0.4, 0.5) is 5.95 Å². The number of thiophene rings is 1. The average Bonchev–Trinajstić information content (AvgIpc) is 2.95. The zero-order valence-corrected chi connectivity index (χ0v) is 12.9. The smallest absolute Gasteiger partial charge is 0.265 e. The van der Waals surface area contributed by atoms with Crippen molar-refractivity contribution < 1.29 is 23.0 Å². The maximum absolute atomic E-state index is 12.3. The minimum absolute atomic E-state index is 0.0135. The van der Waals surface area contributed by atoms with Gasteiger partial charge in [0.05, 0.1) is 31.8 Å². The summed E-state index contributed by atoms with van der Waals surface area (Å²) in [6.45, 7) is -0.365. The Hall–Kier alpha value is -1.91. The van der Waals surface area contributed by atoms with Gasteiger partial charge in [-0.15, -0.1) is 11.3 Å². The van der Waals surface area contributed by atoms with Crippen molar-refractivity contribution in [1.82, 2.24) is 9.97 Å². The normalized spacial score (nSPS) is 11.2. The number of nitrogens with zero attached hydrogens (tertiary/aromatic N) is 2. The van der Waals surface area contributed by atoms with Crippen molar-refractivity contribution in [2.45, 2.75) is 11.5 Å². The molecule has 10 heteroatoms. The first kappa shape index (κ1) is 15.5. The SMILES string of the molecule is COc1cc(OC)nc(NS(=O)(=O)c2ccsc2CO)n1. The van der Waals surface area contributed by atoms with Crippen molar-refractivity contribution in [3.63, 3.8) is 0 Å². The number of rotatable bonds is 6. The minimum Gasteiger partial charge on any atom is -0.481 e. The number of aromatic nitrogens is 2. The van der Waals surface area contributed by atoms with Gasteiger partial charge in [0, 0.05) is 0 Å². The summed E-state index contributed by atoms with van der Waals surface area (Å²) in [7, 11) is -1.12. The van der Waals surface area contributed by atoms with Crippen LogP contribution in [0.2, 0.25) is 0 Å². The lowest BCUT2D eigenvalue weighted by Crippen LogP contribution is -2.16. The summed E-state index contributed by atoms with van der Waals surface area (Å²) in [5.74, 6) is 0.140. The molecule has 2 aromatic rings. The van der Waals surface area contributed by atoms with Crippen molar-refractivity contribution in [3.8, 4) is 11.8 Å². The summed E-state index contributed by atoms with van der Waals surface area (Å²) in [5, 5.41) is 10.7. The molecule has 0 amide bonds. The molecular weight excluding hydrogens is 318 g/mol. The minimum atomic E-state index is -3.90. The van der Waals surface area contributed by atoms with Gasteiger partial charge in [0.25, 0.3) is 10.0 Å². The van der Waals surface area contributed by atoms with Crippen LogP contribution in [0.25, 0.3) is 0 Å². The number of methoxy groups -OCH3 is 2. The Balaban J connectivity index is 2.36. The van der Waals surface area contributed by atoms with Crippen molar-refractivity contribution >= 4 is 27.3 Å². The highest BCUT2D eigenvalue weighted by atomic mass is 32.2. The topological polar surface area (TPSA) is 111 Å². The van der Waals surface area contributed by atoms with E-state index in [-0.39, 0.29) is 29.2 Å². The molecule has 114 valence electrons. The van der Waals surface area contributed by atoms with Crippen LogP contribution in [0, 0.1) is 0 Å². The molecule has 0 radical (unpaired) electrons. The van der Waals surface area contributed by atoms with Crippen LogP contribution in [0.3, 0.4) is 0 Å². The Bertz CT molecular complexity index is 707. The van der Waals surface area contributed by atoms with Gasteiger partial charge in [0.15, 0.2) is 0 Å². The van der Waals surface area contributed by atoms with Crippen LogP contribution in [0.1, 0.15) is 4.88 Å². The molecule has 2 rings (SSSR count). The van der Waals surface area contributed by atoms with Gasteiger partial charge in [-0.25, -0.2) is 13.1 Å². The van der Waals surface area contributed by atoms with E-state index in [1.54, 1.807) is 5.38 Å². The number of sulfonamides is 1. The van der Waals surface area contributed by atoms with Crippen LogP contribution in [0.5, 0.6) is 11.8 Å². The third-order valence-electron chi connectivity index (χ3n) is 2.46. The van der Waals surface area contributed by atoms with Crippen LogP contribution < -0.4 is 14.2 Å². The molecule has 0 aliphatic heterocycles. The lowest BCUT2D eigenvalue weighted by atomic mass is 10.5.